The Bertz CT molecular complexity index is 168. The van der Waals surface area contributed by atoms with Gasteiger partial charge in [-0.15, -0.1) is 0 Å². The minimum atomic E-state index is 0.949. The predicted molar refractivity (Wildman–Crippen MR) is 70.9 cm³/mol. The van der Waals surface area contributed by atoms with Gasteiger partial charge < -0.3 is 14.7 Å². The summed E-state index contributed by atoms with van der Waals surface area (Å²) < 4.78 is 0. The highest BCUT2D eigenvalue weighted by Crippen LogP contribution is 2.11. The van der Waals surface area contributed by atoms with Crippen molar-refractivity contribution in [3.05, 3.63) is 0 Å². The lowest BCUT2D eigenvalue weighted by atomic mass is 10.2. The quantitative estimate of drug-likeness (QED) is 0.667. The second-order valence-electron chi connectivity index (χ2n) is 5.39. The molecule has 2 fully saturated rings. The first-order chi connectivity index (χ1) is 7.61. The summed E-state index contributed by atoms with van der Waals surface area (Å²) in [6, 6.07) is 0. The van der Waals surface area contributed by atoms with E-state index in [-0.39, 0.29) is 0 Å². The zero-order chi connectivity index (χ0) is 12.0. The Morgan fingerprint density at radius 1 is 0.938 bits per heavy atom. The molecular formula is C13H29N3. The number of piperazine rings is 1. The highest BCUT2D eigenvalue weighted by molar-refractivity contribution is 4.68. The number of hydrogen-bond donors (Lipinski definition) is 0. The third kappa shape index (κ3) is 5.28. The maximum Gasteiger partial charge on any atom is 0.0110 e. The summed E-state index contributed by atoms with van der Waals surface area (Å²) in [6.07, 6.45) is 1.40. The van der Waals surface area contributed by atoms with Gasteiger partial charge in [-0.2, -0.15) is 0 Å². The maximum atomic E-state index is 2.49. The summed E-state index contributed by atoms with van der Waals surface area (Å²) >= 11 is 0. The largest absolute Gasteiger partial charge is 0.306 e. The molecule has 2 saturated heterocycles. The highest BCUT2D eigenvalue weighted by Gasteiger charge is 2.13. The molecule has 0 aromatic rings. The fourth-order valence-electron chi connectivity index (χ4n) is 2.32. The third-order valence-electron chi connectivity index (χ3n) is 3.67. The Balaban J connectivity index is 0.000000165. The van der Waals surface area contributed by atoms with Crippen molar-refractivity contribution in [3.8, 4) is 0 Å². The molecule has 16 heavy (non-hydrogen) atoms. The highest BCUT2D eigenvalue weighted by atomic mass is 15.2. The van der Waals surface area contributed by atoms with Crippen LogP contribution in [0.3, 0.4) is 0 Å². The standard InChI is InChI=1S/C7H16N2.C6H13N/c1-3-9-6-4-8(2)5-7-9;1-6-3-4-7(2)5-6/h3-7H2,1-2H3;6H,3-5H2,1-2H3. The Labute approximate surface area is 101 Å². The molecule has 0 bridgehead atoms. The van der Waals surface area contributed by atoms with Gasteiger partial charge in [0.05, 0.1) is 0 Å². The van der Waals surface area contributed by atoms with Crippen LogP contribution >= 0.6 is 0 Å². The molecule has 2 rings (SSSR count). The summed E-state index contributed by atoms with van der Waals surface area (Å²) in [4.78, 5) is 7.25. The minimum absolute atomic E-state index is 0.949. The Kier molecular flexibility index (Phi) is 6.32. The summed E-state index contributed by atoms with van der Waals surface area (Å²) in [5, 5.41) is 0. The molecule has 2 aliphatic rings. The normalized spacial score (nSPS) is 28.9. The third-order valence-corrected chi connectivity index (χ3v) is 3.67. The Hall–Kier alpha value is -0.120. The molecule has 1 atom stereocenters. The van der Waals surface area contributed by atoms with E-state index in [2.05, 4.69) is 42.6 Å². The van der Waals surface area contributed by atoms with Gasteiger partial charge >= 0.3 is 0 Å². The molecule has 0 N–H and O–H groups in total. The summed E-state index contributed by atoms with van der Waals surface area (Å²) in [5.74, 6) is 0.949. The smallest absolute Gasteiger partial charge is 0.0110 e. The zero-order valence-corrected chi connectivity index (χ0v) is 11.6. The van der Waals surface area contributed by atoms with Crippen molar-refractivity contribution in [2.45, 2.75) is 20.3 Å². The van der Waals surface area contributed by atoms with E-state index in [9.17, 15) is 0 Å². The molecule has 3 nitrogen and oxygen atoms in total. The van der Waals surface area contributed by atoms with Crippen molar-refractivity contribution < 1.29 is 0 Å². The first-order valence-electron chi connectivity index (χ1n) is 6.71. The molecule has 3 heteroatoms. The maximum absolute atomic E-state index is 2.49. The van der Waals surface area contributed by atoms with Crippen molar-refractivity contribution in [1.82, 2.24) is 14.7 Å². The average molecular weight is 227 g/mol. The van der Waals surface area contributed by atoms with Crippen LogP contribution in [0.4, 0.5) is 0 Å². The summed E-state index contributed by atoms with van der Waals surface area (Å²) in [5.41, 5.74) is 0. The lowest BCUT2D eigenvalue weighted by molar-refractivity contribution is 0.160. The predicted octanol–water partition coefficient (Wildman–Crippen LogP) is 1.21. The van der Waals surface area contributed by atoms with Crippen LogP contribution in [-0.2, 0) is 0 Å². The van der Waals surface area contributed by atoms with Crippen LogP contribution in [0, 0.1) is 5.92 Å². The van der Waals surface area contributed by atoms with E-state index < -0.39 is 0 Å². The van der Waals surface area contributed by atoms with Gasteiger partial charge in [-0.25, -0.2) is 0 Å². The van der Waals surface area contributed by atoms with Crippen LogP contribution < -0.4 is 0 Å². The number of rotatable bonds is 1. The van der Waals surface area contributed by atoms with Crippen molar-refractivity contribution in [3.63, 3.8) is 0 Å². The van der Waals surface area contributed by atoms with Crippen LogP contribution in [0.5, 0.6) is 0 Å². The summed E-state index contributed by atoms with van der Waals surface area (Å²) in [7, 11) is 4.37. The number of likely N-dealkylation sites (N-methyl/N-ethyl adjacent to an activating group) is 2. The monoisotopic (exact) mass is 227 g/mol. The molecule has 0 aromatic carbocycles. The Morgan fingerprint density at radius 3 is 1.88 bits per heavy atom. The van der Waals surface area contributed by atoms with Crippen LogP contribution in [0.2, 0.25) is 0 Å². The molecule has 1 unspecified atom stereocenters. The zero-order valence-electron chi connectivity index (χ0n) is 11.6. The van der Waals surface area contributed by atoms with Crippen molar-refractivity contribution in [1.29, 1.82) is 0 Å². The number of likely N-dealkylation sites (tertiary alicyclic amines) is 1. The van der Waals surface area contributed by atoms with E-state index in [4.69, 9.17) is 0 Å². The molecule has 2 aliphatic heterocycles. The van der Waals surface area contributed by atoms with Gasteiger partial charge in [0.15, 0.2) is 0 Å². The van der Waals surface area contributed by atoms with Gasteiger partial charge in [-0.05, 0) is 39.5 Å². The van der Waals surface area contributed by atoms with E-state index in [0.717, 1.165) is 5.92 Å². The van der Waals surface area contributed by atoms with Gasteiger partial charge in [-0.1, -0.05) is 13.8 Å². The van der Waals surface area contributed by atoms with Gasteiger partial charge in [0.2, 0.25) is 0 Å². The number of hydrogen-bond acceptors (Lipinski definition) is 3. The van der Waals surface area contributed by atoms with Crippen molar-refractivity contribution in [2.24, 2.45) is 5.92 Å². The van der Waals surface area contributed by atoms with Gasteiger partial charge in [0, 0.05) is 32.7 Å². The van der Waals surface area contributed by atoms with Gasteiger partial charge in [-0.3, -0.25) is 0 Å². The van der Waals surface area contributed by atoms with Crippen LogP contribution in [0.25, 0.3) is 0 Å². The van der Waals surface area contributed by atoms with Gasteiger partial charge in [0.1, 0.15) is 0 Å². The van der Waals surface area contributed by atoms with Crippen LogP contribution in [0.1, 0.15) is 20.3 Å². The molecule has 0 aliphatic carbocycles. The fraction of sp³-hybridized carbons (Fsp3) is 1.00. The fourth-order valence-corrected chi connectivity index (χ4v) is 2.32. The topological polar surface area (TPSA) is 9.72 Å². The molecular weight excluding hydrogens is 198 g/mol. The molecule has 0 aromatic heterocycles. The first kappa shape index (κ1) is 13.9. The van der Waals surface area contributed by atoms with E-state index >= 15 is 0 Å². The molecule has 0 spiro atoms. The second kappa shape index (κ2) is 7.25. The van der Waals surface area contributed by atoms with Crippen LogP contribution in [-0.4, -0.2) is 74.6 Å². The average Bonchev–Trinajstić information content (AvgIpc) is 2.65. The molecule has 2 heterocycles. The van der Waals surface area contributed by atoms with E-state index in [0.29, 0.717) is 0 Å². The lowest BCUT2D eigenvalue weighted by Gasteiger charge is -2.31. The SMILES string of the molecule is CC1CCN(C)C1.CCN1CCN(C)CC1. The van der Waals surface area contributed by atoms with E-state index in [1.165, 1.54) is 52.2 Å². The van der Waals surface area contributed by atoms with Crippen molar-refractivity contribution >= 4 is 0 Å². The number of nitrogens with zero attached hydrogens (tertiary/aromatic N) is 3. The minimum Gasteiger partial charge on any atom is -0.306 e. The molecule has 96 valence electrons. The molecule has 0 radical (unpaired) electrons. The van der Waals surface area contributed by atoms with E-state index in [1.807, 2.05) is 0 Å². The Morgan fingerprint density at radius 2 is 1.56 bits per heavy atom. The van der Waals surface area contributed by atoms with Crippen molar-refractivity contribution in [2.75, 3.05) is 59.9 Å². The molecule has 0 saturated carbocycles. The lowest BCUT2D eigenvalue weighted by Crippen LogP contribution is -2.44. The second-order valence-corrected chi connectivity index (χ2v) is 5.39. The van der Waals surface area contributed by atoms with E-state index in [1.54, 1.807) is 0 Å². The summed E-state index contributed by atoms with van der Waals surface area (Å²) in [6.45, 7) is 13.4. The van der Waals surface area contributed by atoms with Crippen LogP contribution in [0.15, 0.2) is 0 Å². The molecule has 0 amide bonds. The van der Waals surface area contributed by atoms with Gasteiger partial charge in [0.25, 0.3) is 0 Å². The first-order valence-corrected chi connectivity index (χ1v) is 6.71.